The van der Waals surface area contributed by atoms with Crippen LogP contribution in [0.5, 0.6) is 0 Å². The molecule has 0 aromatic heterocycles. The van der Waals surface area contributed by atoms with Crippen molar-refractivity contribution in [3.05, 3.63) is 34.1 Å². The van der Waals surface area contributed by atoms with Crippen LogP contribution >= 0.6 is 11.6 Å². The summed E-state index contributed by atoms with van der Waals surface area (Å²) in [4.78, 5) is 0. The van der Waals surface area contributed by atoms with Crippen LogP contribution in [-0.4, -0.2) is 5.11 Å². The lowest BCUT2D eigenvalue weighted by Crippen LogP contribution is -2.09. The Balaban J connectivity index is 3.23. The van der Waals surface area contributed by atoms with Gasteiger partial charge in [0, 0.05) is 10.6 Å². The molecule has 0 bridgehead atoms. The number of nitrogens with two attached hydrogens (primary N) is 1. The van der Waals surface area contributed by atoms with Crippen molar-refractivity contribution >= 4 is 11.6 Å². The van der Waals surface area contributed by atoms with Gasteiger partial charge in [0.2, 0.25) is 0 Å². The van der Waals surface area contributed by atoms with Gasteiger partial charge >= 0.3 is 0 Å². The minimum absolute atomic E-state index is 0.208. The van der Waals surface area contributed by atoms with E-state index in [2.05, 4.69) is 0 Å². The number of hydrogen-bond acceptors (Lipinski definition) is 2. The Bertz CT molecular complexity index is 301. The number of benzene rings is 1. The first-order valence-electron chi connectivity index (χ1n) is 3.41. The summed E-state index contributed by atoms with van der Waals surface area (Å²) < 4.78 is 12.9. The van der Waals surface area contributed by atoms with Crippen LogP contribution in [0.25, 0.3) is 0 Å². The molecule has 1 unspecified atom stereocenters. The molecule has 12 heavy (non-hydrogen) atoms. The van der Waals surface area contributed by atoms with Crippen LogP contribution in [0.4, 0.5) is 4.39 Å². The van der Waals surface area contributed by atoms with E-state index in [-0.39, 0.29) is 10.6 Å². The fourth-order valence-corrected chi connectivity index (χ4v) is 1.22. The molecule has 66 valence electrons. The molecule has 0 heterocycles. The first-order valence-corrected chi connectivity index (χ1v) is 3.79. The van der Waals surface area contributed by atoms with Crippen LogP contribution in [0.2, 0.25) is 5.02 Å². The first-order chi connectivity index (χ1) is 5.52. The summed E-state index contributed by atoms with van der Waals surface area (Å²) in [6, 6.07) is 2.57. The zero-order valence-electron chi connectivity index (χ0n) is 6.51. The highest BCUT2D eigenvalue weighted by Crippen LogP contribution is 2.23. The van der Waals surface area contributed by atoms with Gasteiger partial charge in [-0.25, -0.2) is 4.39 Å². The summed E-state index contributed by atoms with van der Waals surface area (Å²) in [7, 11) is 0. The predicted molar refractivity (Wildman–Crippen MR) is 45.3 cm³/mol. The van der Waals surface area contributed by atoms with E-state index in [0.717, 1.165) is 6.07 Å². The number of aliphatic hydroxyl groups is 1. The lowest BCUT2D eigenvalue weighted by molar-refractivity contribution is 0.186. The summed E-state index contributed by atoms with van der Waals surface area (Å²) in [5.74, 6) is -0.418. The van der Waals surface area contributed by atoms with E-state index in [1.165, 1.54) is 6.07 Å². The molecule has 4 heteroatoms. The van der Waals surface area contributed by atoms with Gasteiger partial charge in [-0.2, -0.15) is 0 Å². The third-order valence-electron chi connectivity index (χ3n) is 1.60. The van der Waals surface area contributed by atoms with Gasteiger partial charge in [-0.15, -0.1) is 0 Å². The normalized spacial score (nSPS) is 13.1. The van der Waals surface area contributed by atoms with Gasteiger partial charge in [0.05, 0.1) is 0 Å². The molecule has 0 aliphatic carbocycles. The summed E-state index contributed by atoms with van der Waals surface area (Å²) >= 11 is 5.69. The molecular weight excluding hydrogens is 181 g/mol. The maximum absolute atomic E-state index is 12.9. The van der Waals surface area contributed by atoms with Crippen LogP contribution in [0, 0.1) is 12.7 Å². The average molecular weight is 190 g/mol. The minimum Gasteiger partial charge on any atom is -0.374 e. The maximum atomic E-state index is 12.9. The van der Waals surface area contributed by atoms with E-state index in [1.54, 1.807) is 6.92 Å². The molecule has 0 saturated carbocycles. The molecule has 3 N–H and O–H groups in total. The Labute approximate surface area is 74.8 Å². The second kappa shape index (κ2) is 3.39. The SMILES string of the molecule is Cc1cc(Cl)c(C(N)O)cc1F. The smallest absolute Gasteiger partial charge is 0.130 e. The number of hydrogen-bond donors (Lipinski definition) is 2. The summed E-state index contributed by atoms with van der Waals surface area (Å²) in [5.41, 5.74) is 5.78. The monoisotopic (exact) mass is 189 g/mol. The van der Waals surface area contributed by atoms with E-state index in [1.807, 2.05) is 0 Å². The Kier molecular flexibility index (Phi) is 2.67. The van der Waals surface area contributed by atoms with Gasteiger partial charge in [0.1, 0.15) is 12.0 Å². The highest BCUT2D eigenvalue weighted by atomic mass is 35.5. The second-order valence-electron chi connectivity index (χ2n) is 2.57. The molecule has 1 aromatic carbocycles. The van der Waals surface area contributed by atoms with Crippen molar-refractivity contribution in [1.29, 1.82) is 0 Å². The van der Waals surface area contributed by atoms with Crippen LogP contribution in [-0.2, 0) is 0 Å². The molecule has 0 spiro atoms. The van der Waals surface area contributed by atoms with E-state index in [9.17, 15) is 4.39 Å². The first kappa shape index (κ1) is 9.45. The molecule has 1 atom stereocenters. The van der Waals surface area contributed by atoms with Crippen molar-refractivity contribution in [3.8, 4) is 0 Å². The van der Waals surface area contributed by atoms with Gasteiger partial charge in [0.15, 0.2) is 0 Å². The molecule has 0 saturated heterocycles. The number of halogens is 2. The van der Waals surface area contributed by atoms with Gasteiger partial charge < -0.3 is 10.8 Å². The molecule has 0 aliphatic heterocycles. The molecule has 2 nitrogen and oxygen atoms in total. The minimum atomic E-state index is -1.23. The van der Waals surface area contributed by atoms with Crippen LogP contribution in [0.3, 0.4) is 0 Å². The number of aliphatic hydroxyl groups excluding tert-OH is 1. The van der Waals surface area contributed by atoms with Crippen LogP contribution < -0.4 is 5.73 Å². The van der Waals surface area contributed by atoms with Crippen molar-refractivity contribution in [2.45, 2.75) is 13.2 Å². The Morgan fingerprint density at radius 2 is 2.17 bits per heavy atom. The highest BCUT2D eigenvalue weighted by Gasteiger charge is 2.09. The zero-order chi connectivity index (χ0) is 9.30. The molecule has 1 aromatic rings. The Morgan fingerprint density at radius 1 is 1.58 bits per heavy atom. The Morgan fingerprint density at radius 3 is 2.67 bits per heavy atom. The topological polar surface area (TPSA) is 46.2 Å². The molecule has 0 amide bonds. The van der Waals surface area contributed by atoms with Crippen LogP contribution in [0.1, 0.15) is 17.4 Å². The fourth-order valence-electron chi connectivity index (χ4n) is 0.888. The second-order valence-corrected chi connectivity index (χ2v) is 2.97. The highest BCUT2D eigenvalue weighted by molar-refractivity contribution is 6.31. The molecule has 0 aliphatic rings. The van der Waals surface area contributed by atoms with Gasteiger partial charge in [-0.1, -0.05) is 11.6 Å². The largest absolute Gasteiger partial charge is 0.374 e. The van der Waals surface area contributed by atoms with Crippen molar-refractivity contribution < 1.29 is 9.50 Å². The van der Waals surface area contributed by atoms with Crippen molar-refractivity contribution in [1.82, 2.24) is 0 Å². The van der Waals surface area contributed by atoms with E-state index in [0.29, 0.717) is 5.56 Å². The van der Waals surface area contributed by atoms with Crippen LogP contribution in [0.15, 0.2) is 12.1 Å². The standard InChI is InChI=1S/C8H9ClFNO/c1-4-2-6(9)5(8(11)12)3-7(4)10/h2-3,8,12H,11H2,1H3. The predicted octanol–water partition coefficient (Wildman–Crippen LogP) is 1.74. The number of aryl methyl sites for hydroxylation is 1. The average Bonchev–Trinajstić information content (AvgIpc) is 1.96. The fraction of sp³-hybridized carbons (Fsp3) is 0.250. The molecule has 1 rings (SSSR count). The van der Waals surface area contributed by atoms with Crippen molar-refractivity contribution in [2.24, 2.45) is 5.73 Å². The van der Waals surface area contributed by atoms with Gasteiger partial charge in [-0.3, -0.25) is 0 Å². The molecule has 0 fully saturated rings. The summed E-state index contributed by atoms with van der Waals surface area (Å²) in [6.45, 7) is 1.59. The third-order valence-corrected chi connectivity index (χ3v) is 1.92. The van der Waals surface area contributed by atoms with Crippen molar-refractivity contribution in [3.63, 3.8) is 0 Å². The van der Waals surface area contributed by atoms with Gasteiger partial charge in [0.25, 0.3) is 0 Å². The van der Waals surface area contributed by atoms with E-state index >= 15 is 0 Å². The lowest BCUT2D eigenvalue weighted by Gasteiger charge is -2.08. The summed E-state index contributed by atoms with van der Waals surface area (Å²) in [5, 5.41) is 9.23. The van der Waals surface area contributed by atoms with E-state index in [4.69, 9.17) is 22.4 Å². The molecule has 0 radical (unpaired) electrons. The quantitative estimate of drug-likeness (QED) is 0.661. The zero-order valence-corrected chi connectivity index (χ0v) is 7.27. The van der Waals surface area contributed by atoms with Crippen molar-refractivity contribution in [2.75, 3.05) is 0 Å². The number of rotatable bonds is 1. The molecular formula is C8H9ClFNO. The van der Waals surface area contributed by atoms with Gasteiger partial charge in [-0.05, 0) is 24.6 Å². The third kappa shape index (κ3) is 1.75. The van der Waals surface area contributed by atoms with E-state index < -0.39 is 12.0 Å². The maximum Gasteiger partial charge on any atom is 0.130 e. The summed E-state index contributed by atoms with van der Waals surface area (Å²) in [6.07, 6.45) is -1.23. The lowest BCUT2D eigenvalue weighted by atomic mass is 10.1. The Hall–Kier alpha value is -0.640.